The van der Waals surface area contributed by atoms with Crippen LogP contribution in [0.15, 0.2) is 22.7 Å². The normalized spacial score (nSPS) is 21.7. The van der Waals surface area contributed by atoms with E-state index in [0.29, 0.717) is 6.10 Å². The third-order valence-corrected chi connectivity index (χ3v) is 4.01. The van der Waals surface area contributed by atoms with Gasteiger partial charge in [0.1, 0.15) is 0 Å². The molecule has 1 aliphatic rings. The van der Waals surface area contributed by atoms with Crippen LogP contribution in [0.25, 0.3) is 0 Å². The first kappa shape index (κ1) is 13.3. The highest BCUT2D eigenvalue weighted by Crippen LogP contribution is 2.29. The van der Waals surface area contributed by atoms with E-state index in [-0.39, 0.29) is 6.04 Å². The van der Waals surface area contributed by atoms with E-state index < -0.39 is 0 Å². The third-order valence-electron chi connectivity index (χ3n) is 3.19. The lowest BCUT2D eigenvalue weighted by Gasteiger charge is -2.16. The molecule has 2 nitrogen and oxygen atoms in total. The van der Waals surface area contributed by atoms with Crippen molar-refractivity contribution in [1.29, 1.82) is 0 Å². The second kappa shape index (κ2) is 6.19. The Balaban J connectivity index is 1.91. The molecule has 2 N–H and O–H groups in total. The number of ether oxygens (including phenoxy) is 1. The fraction of sp³-hybridized carbons (Fsp3) is 0.538. The van der Waals surface area contributed by atoms with Crippen LogP contribution in [0.5, 0.6) is 0 Å². The average Bonchev–Trinajstić information content (AvgIpc) is 2.78. The second-order valence-electron chi connectivity index (χ2n) is 4.48. The molecule has 0 radical (unpaired) electrons. The maximum absolute atomic E-state index is 6.18. The van der Waals surface area contributed by atoms with Gasteiger partial charge in [0.15, 0.2) is 0 Å². The molecule has 4 heteroatoms. The topological polar surface area (TPSA) is 35.2 Å². The number of rotatable bonds is 4. The first-order chi connectivity index (χ1) is 8.16. The van der Waals surface area contributed by atoms with Crippen molar-refractivity contribution >= 4 is 27.5 Å². The van der Waals surface area contributed by atoms with E-state index in [1.807, 2.05) is 18.2 Å². The Kier molecular flexibility index (Phi) is 4.86. The van der Waals surface area contributed by atoms with E-state index >= 15 is 0 Å². The fourth-order valence-electron chi connectivity index (χ4n) is 2.20. The monoisotopic (exact) mass is 317 g/mol. The summed E-state index contributed by atoms with van der Waals surface area (Å²) in [5.74, 6) is 0. The van der Waals surface area contributed by atoms with E-state index in [4.69, 9.17) is 22.1 Å². The highest BCUT2D eigenvalue weighted by Gasteiger charge is 2.18. The van der Waals surface area contributed by atoms with Crippen LogP contribution < -0.4 is 5.73 Å². The van der Waals surface area contributed by atoms with Gasteiger partial charge in [-0.05, 0) is 43.4 Å². The van der Waals surface area contributed by atoms with Gasteiger partial charge in [-0.2, -0.15) is 0 Å². The summed E-state index contributed by atoms with van der Waals surface area (Å²) in [5.41, 5.74) is 7.19. The van der Waals surface area contributed by atoms with Crippen molar-refractivity contribution < 1.29 is 4.74 Å². The molecule has 0 aliphatic carbocycles. The SMILES string of the molecule is NC(CCC1CCCO1)c1ccc(Br)cc1Cl. The standard InChI is InChI=1S/C13H17BrClNO/c14-9-3-5-11(12(15)8-9)13(16)6-4-10-2-1-7-17-10/h3,5,8,10,13H,1-2,4,6-7,16H2. The first-order valence-electron chi connectivity index (χ1n) is 5.99. The van der Waals surface area contributed by atoms with Gasteiger partial charge in [-0.3, -0.25) is 0 Å². The maximum Gasteiger partial charge on any atom is 0.0576 e. The minimum absolute atomic E-state index is 0.000185. The fourth-order valence-corrected chi connectivity index (χ4v) is 3.01. The Morgan fingerprint density at radius 2 is 2.35 bits per heavy atom. The van der Waals surface area contributed by atoms with E-state index in [2.05, 4.69) is 15.9 Å². The third kappa shape index (κ3) is 3.68. The Labute approximate surface area is 116 Å². The average molecular weight is 319 g/mol. The van der Waals surface area contributed by atoms with Crippen molar-refractivity contribution in [3.8, 4) is 0 Å². The van der Waals surface area contributed by atoms with E-state index in [9.17, 15) is 0 Å². The Morgan fingerprint density at radius 3 is 3.00 bits per heavy atom. The van der Waals surface area contributed by atoms with E-state index in [1.54, 1.807) is 0 Å². The van der Waals surface area contributed by atoms with Crippen molar-refractivity contribution in [2.45, 2.75) is 37.8 Å². The minimum atomic E-state index is -0.000185. The summed E-state index contributed by atoms with van der Waals surface area (Å²) in [6.45, 7) is 0.902. The zero-order valence-corrected chi connectivity index (χ0v) is 12.0. The van der Waals surface area contributed by atoms with Crippen LogP contribution >= 0.6 is 27.5 Å². The number of halogens is 2. The molecule has 1 aliphatic heterocycles. The zero-order valence-electron chi connectivity index (χ0n) is 9.66. The molecule has 0 bridgehead atoms. The number of hydrogen-bond acceptors (Lipinski definition) is 2. The van der Waals surface area contributed by atoms with Crippen LogP contribution in [0.4, 0.5) is 0 Å². The van der Waals surface area contributed by atoms with Gasteiger partial charge in [-0.1, -0.05) is 33.6 Å². The molecule has 2 rings (SSSR count). The van der Waals surface area contributed by atoms with Crippen molar-refractivity contribution in [3.63, 3.8) is 0 Å². The van der Waals surface area contributed by atoms with Crippen molar-refractivity contribution in [2.24, 2.45) is 5.73 Å². The summed E-state index contributed by atoms with van der Waals surface area (Å²) in [6.07, 6.45) is 4.69. The number of benzene rings is 1. The van der Waals surface area contributed by atoms with Gasteiger partial charge in [0, 0.05) is 22.1 Å². The minimum Gasteiger partial charge on any atom is -0.378 e. The first-order valence-corrected chi connectivity index (χ1v) is 7.16. The van der Waals surface area contributed by atoms with Crippen LogP contribution in [0, 0.1) is 0 Å². The van der Waals surface area contributed by atoms with Crippen LogP contribution in [0.1, 0.15) is 37.3 Å². The van der Waals surface area contributed by atoms with Gasteiger partial charge in [-0.15, -0.1) is 0 Å². The molecule has 1 aromatic carbocycles. The quantitative estimate of drug-likeness (QED) is 0.908. The molecule has 1 saturated heterocycles. The Hall–Kier alpha value is -0.0900. The molecule has 0 amide bonds. The molecule has 0 aromatic heterocycles. The van der Waals surface area contributed by atoms with Crippen LogP contribution in [-0.4, -0.2) is 12.7 Å². The zero-order chi connectivity index (χ0) is 12.3. The maximum atomic E-state index is 6.18. The number of nitrogens with two attached hydrogens (primary N) is 1. The summed E-state index contributed by atoms with van der Waals surface area (Å²) in [5, 5.41) is 0.735. The van der Waals surface area contributed by atoms with Crippen LogP contribution in [0.2, 0.25) is 5.02 Å². The summed E-state index contributed by atoms with van der Waals surface area (Å²) < 4.78 is 6.58. The molecule has 1 aromatic rings. The summed E-state index contributed by atoms with van der Waals surface area (Å²) in [4.78, 5) is 0. The van der Waals surface area contributed by atoms with Gasteiger partial charge in [0.2, 0.25) is 0 Å². The van der Waals surface area contributed by atoms with E-state index in [0.717, 1.165) is 34.5 Å². The van der Waals surface area contributed by atoms with Gasteiger partial charge in [0.25, 0.3) is 0 Å². The highest BCUT2D eigenvalue weighted by atomic mass is 79.9. The smallest absolute Gasteiger partial charge is 0.0576 e. The Morgan fingerprint density at radius 1 is 1.53 bits per heavy atom. The molecule has 0 saturated carbocycles. The predicted molar refractivity (Wildman–Crippen MR) is 74.3 cm³/mol. The van der Waals surface area contributed by atoms with Crippen molar-refractivity contribution in [2.75, 3.05) is 6.61 Å². The lowest BCUT2D eigenvalue weighted by atomic mass is 10.00. The van der Waals surface area contributed by atoms with Crippen LogP contribution in [-0.2, 0) is 4.74 Å². The van der Waals surface area contributed by atoms with Gasteiger partial charge in [-0.25, -0.2) is 0 Å². The molecule has 0 spiro atoms. The number of hydrogen-bond donors (Lipinski definition) is 1. The van der Waals surface area contributed by atoms with Crippen molar-refractivity contribution in [3.05, 3.63) is 33.3 Å². The van der Waals surface area contributed by atoms with Gasteiger partial charge < -0.3 is 10.5 Å². The molecule has 17 heavy (non-hydrogen) atoms. The second-order valence-corrected chi connectivity index (χ2v) is 5.81. The molecule has 1 fully saturated rings. The summed E-state index contributed by atoms with van der Waals surface area (Å²) in [6, 6.07) is 5.86. The lowest BCUT2D eigenvalue weighted by Crippen LogP contribution is -2.14. The van der Waals surface area contributed by atoms with Crippen LogP contribution in [0.3, 0.4) is 0 Å². The lowest BCUT2D eigenvalue weighted by molar-refractivity contribution is 0.101. The summed E-state index contributed by atoms with van der Waals surface area (Å²) >= 11 is 9.57. The highest BCUT2D eigenvalue weighted by molar-refractivity contribution is 9.10. The summed E-state index contributed by atoms with van der Waals surface area (Å²) in [7, 11) is 0. The molecular weight excluding hydrogens is 302 g/mol. The molecule has 2 unspecified atom stereocenters. The largest absolute Gasteiger partial charge is 0.378 e. The van der Waals surface area contributed by atoms with Gasteiger partial charge in [0.05, 0.1) is 6.10 Å². The molecule has 1 heterocycles. The Bertz CT molecular complexity index is 380. The molecule has 2 atom stereocenters. The van der Waals surface area contributed by atoms with Gasteiger partial charge >= 0.3 is 0 Å². The molecular formula is C13H17BrClNO. The van der Waals surface area contributed by atoms with Crippen molar-refractivity contribution in [1.82, 2.24) is 0 Å². The molecule has 94 valence electrons. The predicted octanol–water partition coefficient (Wildman–Crippen LogP) is 4.06. The van der Waals surface area contributed by atoms with E-state index in [1.165, 1.54) is 12.8 Å².